The summed E-state index contributed by atoms with van der Waals surface area (Å²) in [5.41, 5.74) is -0.288. The van der Waals surface area contributed by atoms with Crippen molar-refractivity contribution in [1.29, 1.82) is 0 Å². The lowest BCUT2D eigenvalue weighted by Gasteiger charge is -2.22. The minimum Gasteiger partial charge on any atom is -0.445 e. The van der Waals surface area contributed by atoms with Crippen LogP contribution in [0.4, 0.5) is 4.79 Å². The number of carbonyl (C=O) groups is 1. The molecule has 1 heterocycles. The molecule has 0 aliphatic carbocycles. The smallest absolute Gasteiger partial charge is 0.407 e. The van der Waals surface area contributed by atoms with Crippen LogP contribution in [0, 0.1) is 0 Å². The van der Waals surface area contributed by atoms with E-state index in [0.717, 1.165) is 0 Å². The van der Waals surface area contributed by atoms with Gasteiger partial charge < -0.3 is 10.1 Å². The molecule has 1 N–H and O–H groups in total. The maximum Gasteiger partial charge on any atom is 0.407 e. The maximum atomic E-state index is 11.4. The van der Waals surface area contributed by atoms with Gasteiger partial charge in [-0.05, 0) is 27.7 Å². The van der Waals surface area contributed by atoms with Crippen molar-refractivity contribution < 1.29 is 9.53 Å². The van der Waals surface area contributed by atoms with Crippen molar-refractivity contribution in [2.45, 2.75) is 45.9 Å². The minimum absolute atomic E-state index is 0.246. The topological polar surface area (TPSA) is 69.0 Å². The molecule has 0 spiro atoms. The van der Waals surface area contributed by atoms with Crippen LogP contribution < -0.4 is 5.32 Å². The Morgan fingerprint density at radius 2 is 2.25 bits per heavy atom. The van der Waals surface area contributed by atoms with Gasteiger partial charge in [-0.1, -0.05) is 5.21 Å². The Morgan fingerprint density at radius 1 is 1.56 bits per heavy atom. The fraction of sp³-hybridized carbons (Fsp3) is 0.700. The van der Waals surface area contributed by atoms with Gasteiger partial charge in [0.25, 0.3) is 0 Å². The van der Waals surface area contributed by atoms with Crippen LogP contribution in [0.25, 0.3) is 0 Å². The Labute approximate surface area is 95.0 Å². The number of rotatable bonds is 3. The first-order valence-corrected chi connectivity index (χ1v) is 5.20. The van der Waals surface area contributed by atoms with Crippen LogP contribution in [0.1, 0.15) is 27.7 Å². The van der Waals surface area contributed by atoms with Gasteiger partial charge in [0.05, 0.1) is 12.7 Å². The van der Waals surface area contributed by atoms with Crippen molar-refractivity contribution in [2.24, 2.45) is 0 Å². The molecule has 0 bridgehead atoms. The molecule has 0 aromatic carbocycles. The molecular formula is C10H18N4O2. The number of nitrogens with one attached hydrogen (secondary N) is 1. The van der Waals surface area contributed by atoms with Gasteiger partial charge >= 0.3 is 6.09 Å². The number of carbonyl (C=O) groups excluding carboxylic acids is 1. The van der Waals surface area contributed by atoms with Crippen molar-refractivity contribution in [3.8, 4) is 0 Å². The average Bonchev–Trinajstić information content (AvgIpc) is 2.51. The second-order valence-electron chi connectivity index (χ2n) is 4.72. The minimum atomic E-state index is -0.417. The molecule has 0 fully saturated rings. The van der Waals surface area contributed by atoms with Gasteiger partial charge in [0.15, 0.2) is 0 Å². The highest BCUT2D eigenvalue weighted by atomic mass is 16.6. The molecule has 6 heteroatoms. The summed E-state index contributed by atoms with van der Waals surface area (Å²) in [6.07, 6.45) is 2.65. The van der Waals surface area contributed by atoms with E-state index in [1.54, 1.807) is 17.1 Å². The van der Waals surface area contributed by atoms with Gasteiger partial charge in [0, 0.05) is 11.7 Å². The number of amides is 1. The number of alkyl carbamates (subject to hydrolysis) is 1. The van der Waals surface area contributed by atoms with Gasteiger partial charge in [0.1, 0.15) is 6.10 Å². The van der Waals surface area contributed by atoms with E-state index in [2.05, 4.69) is 15.6 Å². The Balaban J connectivity index is 2.34. The standard InChI is InChI=1S/C10H18N4O2/c1-8(7-14-6-5-11-13-14)16-9(15)12-10(2,3)4/h5-6,8H,7H2,1-4H3,(H,12,15)/t8-/m1/s1. The highest BCUT2D eigenvalue weighted by molar-refractivity contribution is 5.68. The fourth-order valence-corrected chi connectivity index (χ4v) is 1.15. The van der Waals surface area contributed by atoms with E-state index in [-0.39, 0.29) is 11.6 Å². The zero-order valence-corrected chi connectivity index (χ0v) is 10.1. The molecule has 0 saturated carbocycles. The number of ether oxygens (including phenoxy) is 1. The normalized spacial score (nSPS) is 13.2. The second kappa shape index (κ2) is 4.96. The summed E-state index contributed by atoms with van der Waals surface area (Å²) >= 11 is 0. The summed E-state index contributed by atoms with van der Waals surface area (Å²) < 4.78 is 6.78. The van der Waals surface area contributed by atoms with Crippen LogP contribution in [-0.4, -0.2) is 32.7 Å². The molecule has 1 atom stereocenters. The van der Waals surface area contributed by atoms with Gasteiger partial charge in [0.2, 0.25) is 0 Å². The SMILES string of the molecule is C[C@H](Cn1ccnn1)OC(=O)NC(C)(C)C. The van der Waals surface area contributed by atoms with Crippen LogP contribution in [0.3, 0.4) is 0 Å². The van der Waals surface area contributed by atoms with Crippen LogP contribution in [0.5, 0.6) is 0 Å². The highest BCUT2D eigenvalue weighted by Crippen LogP contribution is 2.01. The molecule has 1 aromatic heterocycles. The van der Waals surface area contributed by atoms with Crippen LogP contribution in [0.15, 0.2) is 12.4 Å². The number of hydrogen-bond donors (Lipinski definition) is 1. The van der Waals surface area contributed by atoms with Crippen molar-refractivity contribution in [3.05, 3.63) is 12.4 Å². The van der Waals surface area contributed by atoms with E-state index in [0.29, 0.717) is 6.54 Å². The Morgan fingerprint density at radius 3 is 2.75 bits per heavy atom. The van der Waals surface area contributed by atoms with E-state index in [1.807, 2.05) is 27.7 Å². The van der Waals surface area contributed by atoms with Crippen molar-refractivity contribution in [3.63, 3.8) is 0 Å². The van der Waals surface area contributed by atoms with Crippen molar-refractivity contribution >= 4 is 6.09 Å². The maximum absolute atomic E-state index is 11.4. The lowest BCUT2D eigenvalue weighted by molar-refractivity contribution is 0.0889. The molecule has 0 aliphatic rings. The second-order valence-corrected chi connectivity index (χ2v) is 4.72. The largest absolute Gasteiger partial charge is 0.445 e. The summed E-state index contributed by atoms with van der Waals surface area (Å²) in [5, 5.41) is 10.2. The first kappa shape index (κ1) is 12.5. The van der Waals surface area contributed by atoms with Crippen LogP contribution in [-0.2, 0) is 11.3 Å². The van der Waals surface area contributed by atoms with Gasteiger partial charge in [-0.25, -0.2) is 9.48 Å². The lowest BCUT2D eigenvalue weighted by Crippen LogP contribution is -2.42. The highest BCUT2D eigenvalue weighted by Gasteiger charge is 2.17. The average molecular weight is 226 g/mol. The molecule has 0 radical (unpaired) electrons. The first-order chi connectivity index (χ1) is 7.37. The third kappa shape index (κ3) is 4.77. The molecule has 0 aliphatic heterocycles. The molecule has 0 unspecified atom stereocenters. The molecule has 1 amide bonds. The van der Waals surface area contributed by atoms with Crippen LogP contribution >= 0.6 is 0 Å². The summed E-state index contributed by atoms with van der Waals surface area (Å²) in [6, 6.07) is 0. The quantitative estimate of drug-likeness (QED) is 0.840. The monoisotopic (exact) mass is 226 g/mol. The summed E-state index contributed by atoms with van der Waals surface area (Å²) in [6.45, 7) is 8.00. The molecule has 1 aromatic rings. The lowest BCUT2D eigenvalue weighted by atomic mass is 10.1. The van der Waals surface area contributed by atoms with Crippen LogP contribution in [0.2, 0.25) is 0 Å². The molecule has 1 rings (SSSR count). The zero-order valence-electron chi connectivity index (χ0n) is 10.1. The number of nitrogens with zero attached hydrogens (tertiary/aromatic N) is 3. The van der Waals surface area contributed by atoms with Crippen molar-refractivity contribution in [2.75, 3.05) is 0 Å². The summed E-state index contributed by atoms with van der Waals surface area (Å²) in [7, 11) is 0. The van der Waals surface area contributed by atoms with Gasteiger partial charge in [-0.15, -0.1) is 5.10 Å². The molecule has 0 saturated heterocycles. The van der Waals surface area contributed by atoms with E-state index in [4.69, 9.17) is 4.74 Å². The first-order valence-electron chi connectivity index (χ1n) is 5.20. The molecule has 6 nitrogen and oxygen atoms in total. The molecular weight excluding hydrogens is 208 g/mol. The summed E-state index contributed by atoms with van der Waals surface area (Å²) in [4.78, 5) is 11.4. The third-order valence-corrected chi connectivity index (χ3v) is 1.70. The van der Waals surface area contributed by atoms with E-state index >= 15 is 0 Å². The Bertz CT molecular complexity index is 329. The summed E-state index contributed by atoms with van der Waals surface area (Å²) in [5.74, 6) is 0. The van der Waals surface area contributed by atoms with Gasteiger partial charge in [-0.3, -0.25) is 0 Å². The number of hydrogen-bond acceptors (Lipinski definition) is 4. The predicted octanol–water partition coefficient (Wildman–Crippen LogP) is 1.19. The van der Waals surface area contributed by atoms with E-state index < -0.39 is 6.09 Å². The van der Waals surface area contributed by atoms with E-state index in [9.17, 15) is 4.79 Å². The molecule has 16 heavy (non-hydrogen) atoms. The van der Waals surface area contributed by atoms with Gasteiger partial charge in [-0.2, -0.15) is 0 Å². The zero-order chi connectivity index (χ0) is 12.2. The number of aromatic nitrogens is 3. The molecule has 90 valence electrons. The van der Waals surface area contributed by atoms with E-state index in [1.165, 1.54) is 0 Å². The predicted molar refractivity (Wildman–Crippen MR) is 58.9 cm³/mol. The Hall–Kier alpha value is -1.59. The Kier molecular flexibility index (Phi) is 3.87. The fourth-order valence-electron chi connectivity index (χ4n) is 1.15. The third-order valence-electron chi connectivity index (χ3n) is 1.70. The van der Waals surface area contributed by atoms with Crippen molar-refractivity contribution in [1.82, 2.24) is 20.3 Å².